The molecule has 0 rings (SSSR count). The van der Waals surface area contributed by atoms with Crippen molar-refractivity contribution in [2.75, 3.05) is 26.0 Å². The van der Waals surface area contributed by atoms with Gasteiger partial charge in [-0.3, -0.25) is 4.21 Å². The number of rotatable bonds is 9. The molecule has 92 valence electrons. The van der Waals surface area contributed by atoms with Crippen LogP contribution in [-0.4, -0.2) is 41.5 Å². The molecule has 15 heavy (non-hydrogen) atoms. The molecular formula is C11H25NO2S. The third kappa shape index (κ3) is 7.03. The van der Waals surface area contributed by atoms with Gasteiger partial charge in [-0.25, -0.2) is 0 Å². The van der Waals surface area contributed by atoms with E-state index in [1.54, 1.807) is 7.11 Å². The number of hydrogen-bond acceptors (Lipinski definition) is 3. The first-order chi connectivity index (χ1) is 7.13. The summed E-state index contributed by atoms with van der Waals surface area (Å²) in [5.74, 6) is 0.743. The van der Waals surface area contributed by atoms with Gasteiger partial charge in [-0.05, 0) is 33.2 Å². The molecule has 0 aromatic carbocycles. The molecule has 0 heterocycles. The molecule has 3 unspecified atom stereocenters. The van der Waals surface area contributed by atoms with Gasteiger partial charge in [-0.15, -0.1) is 0 Å². The molecule has 0 saturated heterocycles. The molecule has 0 radical (unpaired) electrons. The summed E-state index contributed by atoms with van der Waals surface area (Å²) in [5, 5.41) is 3.60. The Hall–Kier alpha value is 0.0700. The molecular weight excluding hydrogens is 210 g/mol. The molecule has 0 fully saturated rings. The fraction of sp³-hybridized carbons (Fsp3) is 1.00. The van der Waals surface area contributed by atoms with Crippen molar-refractivity contribution in [3.8, 4) is 0 Å². The third-order valence-corrected chi connectivity index (χ3v) is 4.46. The van der Waals surface area contributed by atoms with Crippen molar-refractivity contribution >= 4 is 10.8 Å². The van der Waals surface area contributed by atoms with E-state index in [4.69, 9.17) is 4.74 Å². The van der Waals surface area contributed by atoms with E-state index in [0.29, 0.717) is 12.6 Å². The van der Waals surface area contributed by atoms with E-state index in [2.05, 4.69) is 26.1 Å². The van der Waals surface area contributed by atoms with Gasteiger partial charge in [-0.1, -0.05) is 6.92 Å². The van der Waals surface area contributed by atoms with E-state index in [-0.39, 0.29) is 5.25 Å². The normalized spacial score (nSPS) is 17.3. The summed E-state index contributed by atoms with van der Waals surface area (Å²) in [4.78, 5) is 0. The Morgan fingerprint density at radius 3 is 2.60 bits per heavy atom. The van der Waals surface area contributed by atoms with Crippen molar-refractivity contribution < 1.29 is 8.95 Å². The van der Waals surface area contributed by atoms with E-state index in [0.717, 1.165) is 25.1 Å². The van der Waals surface area contributed by atoms with E-state index < -0.39 is 10.8 Å². The summed E-state index contributed by atoms with van der Waals surface area (Å²) < 4.78 is 16.8. The Bertz CT molecular complexity index is 176. The average Bonchev–Trinajstić information content (AvgIpc) is 2.24. The lowest BCUT2D eigenvalue weighted by Crippen LogP contribution is -2.39. The Balaban J connectivity index is 3.75. The first kappa shape index (κ1) is 15.1. The first-order valence-corrected chi connectivity index (χ1v) is 7.11. The lowest BCUT2D eigenvalue weighted by molar-refractivity contribution is 0.200. The Morgan fingerprint density at radius 2 is 2.07 bits per heavy atom. The zero-order valence-electron chi connectivity index (χ0n) is 10.4. The van der Waals surface area contributed by atoms with Gasteiger partial charge < -0.3 is 10.1 Å². The van der Waals surface area contributed by atoms with Crippen molar-refractivity contribution in [2.24, 2.45) is 0 Å². The summed E-state index contributed by atoms with van der Waals surface area (Å²) in [6, 6.07) is 0.327. The van der Waals surface area contributed by atoms with Gasteiger partial charge in [-0.2, -0.15) is 0 Å². The SMILES string of the molecule is CCCNC(C)C(C)S(=O)CCCOC. The fourth-order valence-electron chi connectivity index (χ4n) is 1.30. The highest BCUT2D eigenvalue weighted by Gasteiger charge is 2.17. The maximum atomic E-state index is 11.8. The Kier molecular flexibility index (Phi) is 9.35. The summed E-state index contributed by atoms with van der Waals surface area (Å²) in [5.41, 5.74) is 0. The zero-order valence-corrected chi connectivity index (χ0v) is 11.2. The van der Waals surface area contributed by atoms with Gasteiger partial charge in [0.2, 0.25) is 0 Å². The van der Waals surface area contributed by atoms with Crippen LogP contribution in [0.5, 0.6) is 0 Å². The summed E-state index contributed by atoms with van der Waals surface area (Å²) in [6.45, 7) is 8.00. The minimum absolute atomic E-state index is 0.216. The third-order valence-electron chi connectivity index (χ3n) is 2.53. The van der Waals surface area contributed by atoms with Crippen LogP contribution < -0.4 is 5.32 Å². The van der Waals surface area contributed by atoms with Gasteiger partial charge >= 0.3 is 0 Å². The standard InChI is InChI=1S/C11H25NO2S/c1-5-7-12-10(2)11(3)15(13)9-6-8-14-4/h10-12H,5-9H2,1-4H3. The molecule has 0 amide bonds. The minimum Gasteiger partial charge on any atom is -0.385 e. The quantitative estimate of drug-likeness (QED) is 0.616. The average molecular weight is 235 g/mol. The molecule has 1 N–H and O–H groups in total. The molecule has 4 heteroatoms. The molecule has 0 saturated carbocycles. The van der Waals surface area contributed by atoms with Crippen molar-refractivity contribution in [1.29, 1.82) is 0 Å². The van der Waals surface area contributed by atoms with Crippen LogP contribution in [0.3, 0.4) is 0 Å². The van der Waals surface area contributed by atoms with Gasteiger partial charge in [0, 0.05) is 41.6 Å². The maximum Gasteiger partial charge on any atom is 0.0471 e. The molecule has 0 bridgehead atoms. The number of nitrogens with one attached hydrogen (secondary N) is 1. The predicted molar refractivity (Wildman–Crippen MR) is 66.7 cm³/mol. The topological polar surface area (TPSA) is 38.3 Å². The second-order valence-corrected chi connectivity index (χ2v) is 5.79. The molecule has 0 aromatic heterocycles. The van der Waals surface area contributed by atoms with E-state index >= 15 is 0 Å². The summed E-state index contributed by atoms with van der Waals surface area (Å²) >= 11 is 0. The fourth-order valence-corrected chi connectivity index (χ4v) is 2.62. The second-order valence-electron chi connectivity index (χ2n) is 3.88. The number of ether oxygens (including phenoxy) is 1. The largest absolute Gasteiger partial charge is 0.385 e. The van der Waals surface area contributed by atoms with Crippen LogP contribution in [0.2, 0.25) is 0 Å². The van der Waals surface area contributed by atoms with E-state index in [1.165, 1.54) is 0 Å². The van der Waals surface area contributed by atoms with Crippen LogP contribution in [0, 0.1) is 0 Å². The summed E-state index contributed by atoms with van der Waals surface area (Å²) in [6.07, 6.45) is 2.00. The minimum atomic E-state index is -0.742. The smallest absolute Gasteiger partial charge is 0.0471 e. The van der Waals surface area contributed by atoms with Crippen molar-refractivity contribution in [3.05, 3.63) is 0 Å². The summed E-state index contributed by atoms with van der Waals surface area (Å²) in [7, 11) is 0.936. The highest BCUT2D eigenvalue weighted by atomic mass is 32.2. The molecule has 3 nitrogen and oxygen atoms in total. The van der Waals surface area contributed by atoms with Gasteiger partial charge in [0.25, 0.3) is 0 Å². The van der Waals surface area contributed by atoms with Crippen LogP contribution >= 0.6 is 0 Å². The van der Waals surface area contributed by atoms with Crippen LogP contribution in [0.1, 0.15) is 33.6 Å². The van der Waals surface area contributed by atoms with Gasteiger partial charge in [0.05, 0.1) is 0 Å². The Labute approximate surface area is 96.4 Å². The highest BCUT2D eigenvalue weighted by molar-refractivity contribution is 7.85. The highest BCUT2D eigenvalue weighted by Crippen LogP contribution is 2.04. The van der Waals surface area contributed by atoms with E-state index in [9.17, 15) is 4.21 Å². The first-order valence-electron chi connectivity index (χ1n) is 5.73. The number of hydrogen-bond donors (Lipinski definition) is 1. The zero-order chi connectivity index (χ0) is 11.7. The molecule has 3 atom stereocenters. The molecule has 0 aliphatic carbocycles. The van der Waals surface area contributed by atoms with Crippen LogP contribution in [-0.2, 0) is 15.5 Å². The molecule has 0 aliphatic rings. The lowest BCUT2D eigenvalue weighted by Gasteiger charge is -2.20. The van der Waals surface area contributed by atoms with Crippen LogP contribution in [0.4, 0.5) is 0 Å². The molecule has 0 spiro atoms. The maximum absolute atomic E-state index is 11.8. The van der Waals surface area contributed by atoms with Crippen molar-refractivity contribution in [1.82, 2.24) is 5.32 Å². The van der Waals surface area contributed by atoms with Crippen LogP contribution in [0.15, 0.2) is 0 Å². The van der Waals surface area contributed by atoms with Gasteiger partial charge in [0.1, 0.15) is 0 Å². The molecule has 0 aliphatic heterocycles. The van der Waals surface area contributed by atoms with Crippen molar-refractivity contribution in [2.45, 2.75) is 44.9 Å². The second kappa shape index (κ2) is 9.31. The van der Waals surface area contributed by atoms with Crippen molar-refractivity contribution in [3.63, 3.8) is 0 Å². The predicted octanol–water partition coefficient (Wildman–Crippen LogP) is 1.55. The molecule has 0 aromatic rings. The number of methoxy groups -OCH3 is 1. The lowest BCUT2D eigenvalue weighted by atomic mass is 10.2. The van der Waals surface area contributed by atoms with Crippen LogP contribution in [0.25, 0.3) is 0 Å². The van der Waals surface area contributed by atoms with Gasteiger partial charge in [0.15, 0.2) is 0 Å². The van der Waals surface area contributed by atoms with E-state index in [1.807, 2.05) is 0 Å². The Morgan fingerprint density at radius 1 is 1.40 bits per heavy atom. The monoisotopic (exact) mass is 235 g/mol.